The Morgan fingerprint density at radius 3 is 2.39 bits per heavy atom. The summed E-state index contributed by atoms with van der Waals surface area (Å²) < 4.78 is 26.0. The molecule has 1 rings (SSSR count). The van der Waals surface area contributed by atoms with E-state index in [0.717, 1.165) is 12.2 Å². The fourth-order valence-corrected chi connectivity index (χ4v) is 3.46. The zero-order valence-electron chi connectivity index (χ0n) is 10.8. The Labute approximate surface area is 113 Å². The lowest BCUT2D eigenvalue weighted by molar-refractivity contribution is 0.382. The van der Waals surface area contributed by atoms with E-state index < -0.39 is 10.0 Å². The van der Waals surface area contributed by atoms with Gasteiger partial charge in [-0.3, -0.25) is 0 Å². The number of thioether (sulfide) groups is 1. The summed E-state index contributed by atoms with van der Waals surface area (Å²) in [6, 6.07) is 5.56. The van der Waals surface area contributed by atoms with E-state index in [2.05, 4.69) is 0 Å². The van der Waals surface area contributed by atoms with E-state index in [9.17, 15) is 13.5 Å². The van der Waals surface area contributed by atoms with Gasteiger partial charge in [0, 0.05) is 13.1 Å². The van der Waals surface area contributed by atoms with Crippen LogP contribution in [0.15, 0.2) is 29.2 Å². The third kappa shape index (κ3) is 3.63. The van der Waals surface area contributed by atoms with E-state index in [1.165, 1.54) is 28.6 Å². The van der Waals surface area contributed by atoms with Gasteiger partial charge in [-0.25, -0.2) is 8.42 Å². The van der Waals surface area contributed by atoms with Gasteiger partial charge >= 0.3 is 0 Å². The van der Waals surface area contributed by atoms with E-state index in [4.69, 9.17) is 0 Å². The van der Waals surface area contributed by atoms with Crippen molar-refractivity contribution in [2.75, 3.05) is 19.1 Å². The van der Waals surface area contributed by atoms with Crippen LogP contribution in [0.5, 0.6) is 5.75 Å². The highest BCUT2D eigenvalue weighted by atomic mass is 32.2. The number of hydrogen-bond donors (Lipinski definition) is 1. The van der Waals surface area contributed by atoms with Crippen LogP contribution in [0.25, 0.3) is 0 Å². The van der Waals surface area contributed by atoms with E-state index in [1.54, 1.807) is 18.8 Å². The van der Waals surface area contributed by atoms with Crippen molar-refractivity contribution in [3.8, 4) is 5.75 Å². The number of aromatic hydroxyl groups is 1. The zero-order chi connectivity index (χ0) is 13.8. The first kappa shape index (κ1) is 15.3. The Bertz CT molecular complexity index is 471. The molecule has 0 aliphatic carbocycles. The molecule has 0 amide bonds. The van der Waals surface area contributed by atoms with Crippen molar-refractivity contribution < 1.29 is 13.5 Å². The second-order valence-electron chi connectivity index (χ2n) is 4.15. The average Bonchev–Trinajstić information content (AvgIpc) is 2.35. The average molecular weight is 289 g/mol. The maximum atomic E-state index is 12.3. The molecule has 1 aromatic carbocycles. The summed E-state index contributed by atoms with van der Waals surface area (Å²) in [5.41, 5.74) is 0. The van der Waals surface area contributed by atoms with Crippen LogP contribution >= 0.6 is 11.8 Å². The normalized spacial score (nSPS) is 13.8. The first-order valence-electron chi connectivity index (χ1n) is 5.65. The lowest BCUT2D eigenvalue weighted by Gasteiger charge is -2.24. The van der Waals surface area contributed by atoms with Gasteiger partial charge in [0.2, 0.25) is 10.0 Å². The molecule has 0 radical (unpaired) electrons. The van der Waals surface area contributed by atoms with Crippen LogP contribution in [0.2, 0.25) is 0 Å². The van der Waals surface area contributed by atoms with Crippen molar-refractivity contribution in [1.82, 2.24) is 4.31 Å². The summed E-state index contributed by atoms with van der Waals surface area (Å²) in [6.07, 6.45) is 2.82. The summed E-state index contributed by atoms with van der Waals surface area (Å²) >= 11 is 1.70. The van der Waals surface area contributed by atoms with Crippen molar-refractivity contribution >= 4 is 21.8 Å². The predicted molar refractivity (Wildman–Crippen MR) is 75.5 cm³/mol. The maximum Gasteiger partial charge on any atom is 0.243 e. The Morgan fingerprint density at radius 2 is 1.89 bits per heavy atom. The van der Waals surface area contributed by atoms with Crippen LogP contribution in [0.3, 0.4) is 0 Å². The van der Waals surface area contributed by atoms with Crippen molar-refractivity contribution in [3.05, 3.63) is 24.3 Å². The zero-order valence-corrected chi connectivity index (χ0v) is 12.5. The van der Waals surface area contributed by atoms with Crippen molar-refractivity contribution in [3.63, 3.8) is 0 Å². The lowest BCUT2D eigenvalue weighted by atomic mass is 10.3. The Kier molecular flexibility index (Phi) is 5.49. The topological polar surface area (TPSA) is 57.6 Å². The molecule has 1 unspecified atom stereocenters. The van der Waals surface area contributed by atoms with Crippen LogP contribution < -0.4 is 0 Å². The summed E-state index contributed by atoms with van der Waals surface area (Å²) in [6.45, 7) is 1.90. The maximum absolute atomic E-state index is 12.3. The quantitative estimate of drug-likeness (QED) is 0.872. The van der Waals surface area contributed by atoms with Crippen LogP contribution in [0.4, 0.5) is 0 Å². The molecule has 0 aromatic heterocycles. The fourth-order valence-electron chi connectivity index (χ4n) is 1.49. The number of phenolic OH excluding ortho intramolecular Hbond substituents is 1. The summed E-state index contributed by atoms with van der Waals surface area (Å²) in [5, 5.41) is 9.18. The fraction of sp³-hybridized carbons (Fsp3) is 0.500. The summed E-state index contributed by atoms with van der Waals surface area (Å²) in [7, 11) is -1.88. The highest BCUT2D eigenvalue weighted by molar-refractivity contribution is 7.98. The van der Waals surface area contributed by atoms with Gasteiger partial charge in [-0.1, -0.05) is 0 Å². The number of hydrogen-bond acceptors (Lipinski definition) is 4. The second-order valence-corrected chi connectivity index (χ2v) is 7.13. The second kappa shape index (κ2) is 6.45. The van der Waals surface area contributed by atoms with Gasteiger partial charge in [-0.2, -0.15) is 16.1 Å². The smallest absolute Gasteiger partial charge is 0.243 e. The van der Waals surface area contributed by atoms with Gasteiger partial charge in [0.15, 0.2) is 0 Å². The highest BCUT2D eigenvalue weighted by Crippen LogP contribution is 2.20. The first-order valence-corrected chi connectivity index (χ1v) is 8.49. The summed E-state index contributed by atoms with van der Waals surface area (Å²) in [4.78, 5) is 0.207. The van der Waals surface area contributed by atoms with Gasteiger partial charge in [0.05, 0.1) is 4.90 Å². The van der Waals surface area contributed by atoms with E-state index >= 15 is 0 Å². The first-order chi connectivity index (χ1) is 8.39. The molecule has 0 heterocycles. The Hall–Kier alpha value is -0.720. The standard InChI is InChI=1S/C12H19NO3S2/c1-10(8-9-17-3)13(2)18(15,16)12-6-4-11(14)5-7-12/h4-7,10,14H,8-9H2,1-3H3. The molecule has 1 N–H and O–H groups in total. The Morgan fingerprint density at radius 1 is 1.33 bits per heavy atom. The van der Waals surface area contributed by atoms with Gasteiger partial charge in [-0.05, 0) is 49.6 Å². The number of phenols is 1. The molecule has 0 aliphatic rings. The van der Waals surface area contributed by atoms with Gasteiger partial charge < -0.3 is 5.11 Å². The molecule has 18 heavy (non-hydrogen) atoms. The molecule has 1 atom stereocenters. The summed E-state index contributed by atoms with van der Waals surface area (Å²) in [5.74, 6) is 0.989. The largest absolute Gasteiger partial charge is 0.508 e. The van der Waals surface area contributed by atoms with Gasteiger partial charge in [0.1, 0.15) is 5.75 Å². The molecule has 1 aromatic rings. The minimum absolute atomic E-state index is 0.0451. The van der Waals surface area contributed by atoms with E-state index in [0.29, 0.717) is 0 Å². The van der Waals surface area contributed by atoms with Crippen LogP contribution in [0, 0.1) is 0 Å². The molecule has 0 spiro atoms. The van der Waals surface area contributed by atoms with Crippen molar-refractivity contribution in [2.45, 2.75) is 24.3 Å². The third-order valence-corrected chi connectivity index (χ3v) is 5.50. The predicted octanol–water partition coefficient (Wildman–Crippen LogP) is 2.15. The molecule has 0 saturated carbocycles. The molecular formula is C12H19NO3S2. The van der Waals surface area contributed by atoms with Gasteiger partial charge in [0.25, 0.3) is 0 Å². The minimum Gasteiger partial charge on any atom is -0.508 e. The molecule has 4 nitrogen and oxygen atoms in total. The molecule has 0 bridgehead atoms. The number of rotatable bonds is 6. The van der Waals surface area contributed by atoms with Crippen molar-refractivity contribution in [2.24, 2.45) is 0 Å². The number of nitrogens with zero attached hydrogens (tertiary/aromatic N) is 1. The molecule has 0 fully saturated rings. The molecule has 0 saturated heterocycles. The lowest BCUT2D eigenvalue weighted by Crippen LogP contribution is -2.35. The SMILES string of the molecule is CSCCC(C)N(C)S(=O)(=O)c1ccc(O)cc1. The van der Waals surface area contributed by atoms with Crippen LogP contribution in [0.1, 0.15) is 13.3 Å². The molecular weight excluding hydrogens is 270 g/mol. The number of benzene rings is 1. The van der Waals surface area contributed by atoms with E-state index in [-0.39, 0.29) is 16.7 Å². The monoisotopic (exact) mass is 289 g/mol. The van der Waals surface area contributed by atoms with Crippen molar-refractivity contribution in [1.29, 1.82) is 0 Å². The Balaban J connectivity index is 2.89. The highest BCUT2D eigenvalue weighted by Gasteiger charge is 2.24. The molecule has 6 heteroatoms. The third-order valence-electron chi connectivity index (χ3n) is 2.87. The van der Waals surface area contributed by atoms with Crippen LogP contribution in [-0.4, -0.2) is 42.9 Å². The minimum atomic E-state index is -3.47. The van der Waals surface area contributed by atoms with Crippen LogP contribution in [-0.2, 0) is 10.0 Å². The molecule has 0 aliphatic heterocycles. The molecule has 102 valence electrons. The van der Waals surface area contributed by atoms with Gasteiger partial charge in [-0.15, -0.1) is 0 Å². The van der Waals surface area contributed by atoms with E-state index in [1.807, 2.05) is 13.2 Å². The number of sulfonamides is 1.